The van der Waals surface area contributed by atoms with Crippen molar-refractivity contribution in [3.8, 4) is 0 Å². The molecule has 3 heteroatoms. The van der Waals surface area contributed by atoms with Gasteiger partial charge in [-0.15, -0.1) is 11.8 Å². The van der Waals surface area contributed by atoms with Gasteiger partial charge in [-0.2, -0.15) is 0 Å². The Hall–Kier alpha value is -1.48. The fourth-order valence-electron chi connectivity index (χ4n) is 3.52. The molecule has 1 aliphatic carbocycles. The summed E-state index contributed by atoms with van der Waals surface area (Å²) in [5, 5.41) is 0.833. The van der Waals surface area contributed by atoms with Crippen LogP contribution < -0.4 is 5.56 Å². The normalized spacial score (nSPS) is 15.4. The second kappa shape index (κ2) is 8.94. The van der Waals surface area contributed by atoms with E-state index in [1.807, 2.05) is 24.8 Å². The van der Waals surface area contributed by atoms with Gasteiger partial charge in [0.05, 0.1) is 0 Å². The summed E-state index contributed by atoms with van der Waals surface area (Å²) in [5.41, 5.74) is 3.18. The lowest BCUT2D eigenvalue weighted by Gasteiger charge is -2.21. The fourth-order valence-corrected chi connectivity index (χ4v) is 4.57. The monoisotopic (exact) mass is 369 g/mol. The molecule has 0 bridgehead atoms. The van der Waals surface area contributed by atoms with Crippen LogP contribution in [0.1, 0.15) is 75.1 Å². The molecule has 1 aromatic carbocycles. The molecule has 3 rings (SSSR count). The van der Waals surface area contributed by atoms with Crippen LogP contribution in [-0.4, -0.2) is 10.2 Å². The van der Waals surface area contributed by atoms with E-state index in [0.717, 1.165) is 28.8 Å². The van der Waals surface area contributed by atoms with Gasteiger partial charge in [-0.1, -0.05) is 44.9 Å². The Balaban J connectivity index is 1.83. The summed E-state index contributed by atoms with van der Waals surface area (Å²) in [6.07, 6.45) is 7.45. The van der Waals surface area contributed by atoms with E-state index in [1.165, 1.54) is 42.6 Å². The Morgan fingerprint density at radius 1 is 1.04 bits per heavy atom. The van der Waals surface area contributed by atoms with Crippen molar-refractivity contribution in [1.29, 1.82) is 0 Å². The standard InChI is InChI=1S/C23H31NOS/c1-4-17(5-2)7-14-21(22-15-6-16(3)23(25)24-22)18-8-10-19(11-9-18)26-20-12-13-20/h6,8-11,15,17,20-21H,4-5,7,12-14H2,1-3H3,(H,24,25). The number of nitrogens with one attached hydrogen (secondary N) is 1. The first-order valence-corrected chi connectivity index (χ1v) is 10.9. The van der Waals surface area contributed by atoms with Crippen LogP contribution in [0, 0.1) is 12.8 Å². The van der Waals surface area contributed by atoms with Crippen molar-refractivity contribution in [3.63, 3.8) is 0 Å². The van der Waals surface area contributed by atoms with E-state index in [1.54, 1.807) is 0 Å². The van der Waals surface area contributed by atoms with Gasteiger partial charge in [0.15, 0.2) is 0 Å². The number of hydrogen-bond acceptors (Lipinski definition) is 2. The summed E-state index contributed by atoms with van der Waals surface area (Å²) >= 11 is 2.00. The number of benzene rings is 1. The third kappa shape index (κ3) is 5.03. The average Bonchev–Trinajstić information content (AvgIpc) is 3.46. The summed E-state index contributed by atoms with van der Waals surface area (Å²) in [6.45, 7) is 6.42. The van der Waals surface area contributed by atoms with Gasteiger partial charge in [-0.3, -0.25) is 4.79 Å². The van der Waals surface area contributed by atoms with Crippen molar-refractivity contribution in [2.24, 2.45) is 5.92 Å². The zero-order valence-electron chi connectivity index (χ0n) is 16.3. The van der Waals surface area contributed by atoms with Crippen molar-refractivity contribution >= 4 is 11.8 Å². The molecule has 26 heavy (non-hydrogen) atoms. The molecule has 1 unspecified atom stereocenters. The third-order valence-corrected chi connectivity index (χ3v) is 6.98. The predicted octanol–water partition coefficient (Wildman–Crippen LogP) is 6.29. The van der Waals surface area contributed by atoms with Gasteiger partial charge < -0.3 is 4.98 Å². The molecule has 0 amide bonds. The van der Waals surface area contributed by atoms with Crippen LogP contribution in [0.25, 0.3) is 0 Å². The van der Waals surface area contributed by atoms with Gasteiger partial charge in [-0.05, 0) is 62.3 Å². The zero-order chi connectivity index (χ0) is 18.5. The molecule has 1 aromatic heterocycles. The van der Waals surface area contributed by atoms with Crippen molar-refractivity contribution in [2.75, 3.05) is 0 Å². The number of hydrogen-bond donors (Lipinski definition) is 1. The molecule has 1 heterocycles. The number of aromatic amines is 1. The first-order chi connectivity index (χ1) is 12.6. The SMILES string of the molecule is CCC(CC)CCC(c1ccc(SC2CC2)cc1)c1ccc(C)c(=O)[nH]1. The van der Waals surface area contributed by atoms with Crippen LogP contribution in [0.5, 0.6) is 0 Å². The Bertz CT molecular complexity index is 757. The maximum atomic E-state index is 12.1. The van der Waals surface area contributed by atoms with Gasteiger partial charge in [0, 0.05) is 27.3 Å². The molecule has 0 spiro atoms. The Morgan fingerprint density at radius 3 is 2.31 bits per heavy atom. The van der Waals surface area contributed by atoms with E-state index in [9.17, 15) is 4.79 Å². The van der Waals surface area contributed by atoms with Crippen LogP contribution in [0.3, 0.4) is 0 Å². The number of pyridine rings is 1. The highest BCUT2D eigenvalue weighted by Gasteiger charge is 2.23. The highest BCUT2D eigenvalue weighted by Crippen LogP contribution is 2.40. The van der Waals surface area contributed by atoms with Gasteiger partial charge in [0.25, 0.3) is 5.56 Å². The maximum Gasteiger partial charge on any atom is 0.251 e. The van der Waals surface area contributed by atoms with E-state index < -0.39 is 0 Å². The lowest BCUT2D eigenvalue weighted by atomic mass is 9.86. The molecule has 1 N–H and O–H groups in total. The van der Waals surface area contributed by atoms with Crippen LogP contribution >= 0.6 is 11.8 Å². The van der Waals surface area contributed by atoms with Gasteiger partial charge >= 0.3 is 0 Å². The molecular formula is C23H31NOS. The molecule has 140 valence electrons. The molecular weight excluding hydrogens is 338 g/mol. The highest BCUT2D eigenvalue weighted by atomic mass is 32.2. The van der Waals surface area contributed by atoms with Gasteiger partial charge in [0.2, 0.25) is 0 Å². The molecule has 1 aliphatic rings. The highest BCUT2D eigenvalue weighted by molar-refractivity contribution is 8.00. The predicted molar refractivity (Wildman–Crippen MR) is 112 cm³/mol. The van der Waals surface area contributed by atoms with Crippen LogP contribution in [0.15, 0.2) is 46.1 Å². The topological polar surface area (TPSA) is 32.9 Å². The Labute approximate surface area is 161 Å². The second-order valence-corrected chi connectivity index (χ2v) is 9.00. The largest absolute Gasteiger partial charge is 0.325 e. The van der Waals surface area contributed by atoms with E-state index in [-0.39, 0.29) is 11.5 Å². The number of aryl methyl sites for hydroxylation is 1. The molecule has 1 fully saturated rings. The first-order valence-electron chi connectivity index (χ1n) is 10.1. The van der Waals surface area contributed by atoms with Gasteiger partial charge in [-0.25, -0.2) is 0 Å². The maximum absolute atomic E-state index is 12.1. The summed E-state index contributed by atoms with van der Waals surface area (Å²) < 4.78 is 0. The number of rotatable bonds is 9. The molecule has 0 aliphatic heterocycles. The number of H-pyrrole nitrogens is 1. The molecule has 0 saturated heterocycles. The summed E-state index contributed by atoms with van der Waals surface area (Å²) in [7, 11) is 0. The van der Waals surface area contributed by atoms with Crippen molar-refractivity contribution in [1.82, 2.24) is 4.98 Å². The minimum Gasteiger partial charge on any atom is -0.325 e. The molecule has 1 atom stereocenters. The molecule has 0 radical (unpaired) electrons. The lowest BCUT2D eigenvalue weighted by Crippen LogP contribution is -2.15. The molecule has 2 aromatic rings. The van der Waals surface area contributed by atoms with E-state index in [2.05, 4.69) is 49.2 Å². The van der Waals surface area contributed by atoms with E-state index >= 15 is 0 Å². The summed E-state index contributed by atoms with van der Waals surface area (Å²) in [6, 6.07) is 13.1. The quantitative estimate of drug-likeness (QED) is 0.564. The second-order valence-electron chi connectivity index (χ2n) is 7.62. The summed E-state index contributed by atoms with van der Waals surface area (Å²) in [4.78, 5) is 16.6. The first kappa shape index (κ1) is 19.3. The zero-order valence-corrected chi connectivity index (χ0v) is 17.1. The minimum atomic E-state index is 0.0379. The molecule has 1 saturated carbocycles. The minimum absolute atomic E-state index is 0.0379. The van der Waals surface area contributed by atoms with Crippen molar-refractivity contribution < 1.29 is 0 Å². The van der Waals surface area contributed by atoms with E-state index in [4.69, 9.17) is 0 Å². The van der Waals surface area contributed by atoms with Crippen molar-refractivity contribution in [3.05, 3.63) is 63.6 Å². The van der Waals surface area contributed by atoms with Crippen LogP contribution in [-0.2, 0) is 0 Å². The Kier molecular flexibility index (Phi) is 6.63. The summed E-state index contributed by atoms with van der Waals surface area (Å²) in [5.74, 6) is 1.03. The average molecular weight is 370 g/mol. The van der Waals surface area contributed by atoms with Crippen molar-refractivity contribution in [2.45, 2.75) is 75.4 Å². The Morgan fingerprint density at radius 2 is 1.73 bits per heavy atom. The fraction of sp³-hybridized carbons (Fsp3) is 0.522. The van der Waals surface area contributed by atoms with Crippen LogP contribution in [0.4, 0.5) is 0 Å². The third-order valence-electron chi connectivity index (χ3n) is 5.63. The number of aromatic nitrogens is 1. The molecule has 2 nitrogen and oxygen atoms in total. The lowest BCUT2D eigenvalue weighted by molar-refractivity contribution is 0.427. The van der Waals surface area contributed by atoms with Crippen LogP contribution in [0.2, 0.25) is 0 Å². The van der Waals surface area contributed by atoms with Gasteiger partial charge in [0.1, 0.15) is 0 Å². The van der Waals surface area contributed by atoms with E-state index in [0.29, 0.717) is 0 Å². The smallest absolute Gasteiger partial charge is 0.251 e. The number of thioether (sulfide) groups is 1.